The predicted molar refractivity (Wildman–Crippen MR) is 37.2 cm³/mol. The molecule has 8 heavy (non-hydrogen) atoms. The first kappa shape index (κ1) is 5.56. The van der Waals surface area contributed by atoms with E-state index in [1.54, 1.807) is 0 Å². The zero-order valence-corrected chi connectivity index (χ0v) is 5.28. The lowest BCUT2D eigenvalue weighted by Gasteiger charge is -2.05. The standard InChI is InChI=1S/C6H10BN/c1-8-5-2-3-7-4-6-8/h7H,3-4,6H2,1H3. The van der Waals surface area contributed by atoms with Gasteiger partial charge in [0.15, 0.2) is 0 Å². The number of hydrogen-bond acceptors (Lipinski definition) is 1. The van der Waals surface area contributed by atoms with Gasteiger partial charge in [0.1, 0.15) is 7.28 Å². The molecule has 1 nitrogen and oxygen atoms in total. The molecule has 2 heteroatoms. The van der Waals surface area contributed by atoms with Crippen LogP contribution in [0.1, 0.15) is 0 Å². The maximum absolute atomic E-state index is 3.07. The lowest BCUT2D eigenvalue weighted by atomic mass is 9.72. The molecule has 0 amide bonds. The first-order chi connectivity index (χ1) is 3.89. The lowest BCUT2D eigenvalue weighted by molar-refractivity contribution is 0.513. The molecule has 0 aromatic heterocycles. The highest BCUT2D eigenvalue weighted by atomic mass is 15.1. The monoisotopic (exact) mass is 107 g/mol. The number of rotatable bonds is 0. The van der Waals surface area contributed by atoms with Crippen LogP contribution in [0.5, 0.6) is 0 Å². The summed E-state index contributed by atoms with van der Waals surface area (Å²) in [5.41, 5.74) is 0. The molecular formula is C6H10BN. The molecule has 0 aromatic rings. The van der Waals surface area contributed by atoms with Crippen molar-refractivity contribution in [2.75, 3.05) is 13.6 Å². The second-order valence-electron chi connectivity index (χ2n) is 2.17. The Balaban J connectivity index is 2.39. The first-order valence-corrected chi connectivity index (χ1v) is 3.09. The predicted octanol–water partition coefficient (Wildman–Crippen LogP) is 0.166. The van der Waals surface area contributed by atoms with Crippen LogP contribution in [-0.2, 0) is 0 Å². The summed E-state index contributed by atoms with van der Waals surface area (Å²) in [7, 11) is 3.32. The minimum Gasteiger partial charge on any atom is -0.336 e. The summed E-state index contributed by atoms with van der Waals surface area (Å²) in [5.74, 6) is 3.07. The first-order valence-electron chi connectivity index (χ1n) is 3.09. The molecule has 0 fully saturated rings. The maximum Gasteiger partial charge on any atom is 0.137 e. The number of nitrogens with zero attached hydrogens (tertiary/aromatic N) is 1. The van der Waals surface area contributed by atoms with Crippen LogP contribution in [0.4, 0.5) is 0 Å². The van der Waals surface area contributed by atoms with Crippen molar-refractivity contribution in [3.8, 4) is 12.0 Å². The van der Waals surface area contributed by atoms with E-state index >= 15 is 0 Å². The van der Waals surface area contributed by atoms with Gasteiger partial charge in [-0.15, -0.1) is 0 Å². The second-order valence-corrected chi connectivity index (χ2v) is 2.17. The van der Waals surface area contributed by atoms with Gasteiger partial charge in [0.05, 0.1) is 0 Å². The summed E-state index contributed by atoms with van der Waals surface area (Å²) in [6.07, 6.45) is 2.38. The molecule has 1 rings (SSSR count). The molecule has 0 saturated heterocycles. The molecule has 42 valence electrons. The fourth-order valence-electron chi connectivity index (χ4n) is 0.809. The fourth-order valence-corrected chi connectivity index (χ4v) is 0.809. The molecule has 0 bridgehead atoms. The van der Waals surface area contributed by atoms with Crippen LogP contribution in [0.25, 0.3) is 0 Å². The van der Waals surface area contributed by atoms with Crippen LogP contribution in [-0.4, -0.2) is 25.8 Å². The molecule has 0 atom stereocenters. The Kier molecular flexibility index (Phi) is 1.85. The van der Waals surface area contributed by atoms with Gasteiger partial charge in [-0.25, -0.2) is 0 Å². The van der Waals surface area contributed by atoms with E-state index in [4.69, 9.17) is 0 Å². The lowest BCUT2D eigenvalue weighted by Crippen LogP contribution is -2.11. The Morgan fingerprint density at radius 1 is 1.62 bits per heavy atom. The highest BCUT2D eigenvalue weighted by Gasteiger charge is 1.95. The molecule has 0 radical (unpaired) electrons. The third-order valence-electron chi connectivity index (χ3n) is 1.32. The van der Waals surface area contributed by atoms with Crippen molar-refractivity contribution in [2.45, 2.75) is 12.6 Å². The van der Waals surface area contributed by atoms with Gasteiger partial charge in [0.25, 0.3) is 0 Å². The summed E-state index contributed by atoms with van der Waals surface area (Å²) in [6.45, 7) is 1.15. The summed E-state index contributed by atoms with van der Waals surface area (Å²) >= 11 is 0. The molecule has 0 spiro atoms. The maximum atomic E-state index is 3.07. The van der Waals surface area contributed by atoms with E-state index in [-0.39, 0.29) is 0 Å². The minimum absolute atomic E-state index is 1.09. The van der Waals surface area contributed by atoms with Gasteiger partial charge < -0.3 is 4.90 Å². The highest BCUT2D eigenvalue weighted by molar-refractivity contribution is 6.36. The molecule has 0 saturated carbocycles. The molecule has 1 heterocycles. The summed E-state index contributed by atoms with van der Waals surface area (Å²) < 4.78 is 0. The average molecular weight is 107 g/mol. The molecule has 0 aromatic carbocycles. The zero-order valence-electron chi connectivity index (χ0n) is 5.28. The molecule has 0 unspecified atom stereocenters. The molecule has 1 aliphatic rings. The molecule has 1 aliphatic heterocycles. The quantitative estimate of drug-likeness (QED) is 0.315. The van der Waals surface area contributed by atoms with Gasteiger partial charge in [-0.1, -0.05) is 12.2 Å². The van der Waals surface area contributed by atoms with Crippen molar-refractivity contribution < 1.29 is 0 Å². The van der Waals surface area contributed by atoms with Crippen molar-refractivity contribution in [1.29, 1.82) is 0 Å². The highest BCUT2D eigenvalue weighted by Crippen LogP contribution is 1.92. The van der Waals surface area contributed by atoms with Crippen LogP contribution in [0.3, 0.4) is 0 Å². The van der Waals surface area contributed by atoms with Crippen molar-refractivity contribution in [3.05, 3.63) is 0 Å². The smallest absolute Gasteiger partial charge is 0.137 e. The third-order valence-corrected chi connectivity index (χ3v) is 1.32. The Morgan fingerprint density at radius 3 is 3.38 bits per heavy atom. The molecule has 0 aliphatic carbocycles. The van der Waals surface area contributed by atoms with E-state index in [2.05, 4.69) is 16.9 Å². The topological polar surface area (TPSA) is 3.24 Å². The van der Waals surface area contributed by atoms with Crippen molar-refractivity contribution in [3.63, 3.8) is 0 Å². The second kappa shape index (κ2) is 2.66. The van der Waals surface area contributed by atoms with E-state index in [1.165, 1.54) is 13.6 Å². The Labute approximate surface area is 51.3 Å². The third kappa shape index (κ3) is 1.50. The van der Waals surface area contributed by atoms with E-state index < -0.39 is 0 Å². The van der Waals surface area contributed by atoms with Crippen molar-refractivity contribution >= 4 is 7.28 Å². The van der Waals surface area contributed by atoms with Crippen LogP contribution in [0, 0.1) is 12.0 Å². The van der Waals surface area contributed by atoms with Crippen LogP contribution >= 0.6 is 0 Å². The van der Waals surface area contributed by atoms with E-state index in [0.29, 0.717) is 0 Å². The van der Waals surface area contributed by atoms with Crippen molar-refractivity contribution in [1.82, 2.24) is 4.90 Å². The van der Waals surface area contributed by atoms with Gasteiger partial charge in [-0.05, 0) is 6.32 Å². The van der Waals surface area contributed by atoms with E-state index in [1.807, 2.05) is 7.05 Å². The summed E-state index contributed by atoms with van der Waals surface area (Å²) in [5, 5.41) is 0. The fraction of sp³-hybridized carbons (Fsp3) is 0.667. The normalized spacial score (nSPS) is 17.9. The largest absolute Gasteiger partial charge is 0.336 e. The molecule has 0 N–H and O–H groups in total. The van der Waals surface area contributed by atoms with Crippen LogP contribution < -0.4 is 0 Å². The van der Waals surface area contributed by atoms with Gasteiger partial charge in [-0.2, -0.15) is 0 Å². The Hall–Kier alpha value is -0.575. The van der Waals surface area contributed by atoms with Crippen molar-refractivity contribution in [2.24, 2.45) is 0 Å². The average Bonchev–Trinajstić information content (AvgIpc) is 1.94. The summed E-state index contributed by atoms with van der Waals surface area (Å²) in [4.78, 5) is 2.06. The Morgan fingerprint density at radius 2 is 2.50 bits per heavy atom. The van der Waals surface area contributed by atoms with Gasteiger partial charge >= 0.3 is 0 Å². The Bertz CT molecular complexity index is 122. The van der Waals surface area contributed by atoms with E-state index in [0.717, 1.165) is 12.9 Å². The minimum atomic E-state index is 1.09. The zero-order chi connectivity index (χ0) is 5.82. The van der Waals surface area contributed by atoms with Gasteiger partial charge in [-0.3, -0.25) is 0 Å². The summed E-state index contributed by atoms with van der Waals surface area (Å²) in [6, 6.07) is 3.03. The molecular weight excluding hydrogens is 96.9 g/mol. The van der Waals surface area contributed by atoms with Crippen LogP contribution in [0.2, 0.25) is 12.6 Å². The van der Waals surface area contributed by atoms with Crippen LogP contribution in [0.15, 0.2) is 0 Å². The van der Waals surface area contributed by atoms with E-state index in [9.17, 15) is 0 Å². The van der Waals surface area contributed by atoms with Gasteiger partial charge in [0, 0.05) is 19.6 Å². The number of hydrogen-bond donors (Lipinski definition) is 0. The SMILES string of the molecule is CN1C#CCBCC1. The van der Waals surface area contributed by atoms with Gasteiger partial charge in [0.2, 0.25) is 0 Å².